The van der Waals surface area contributed by atoms with Crippen LogP contribution in [0.1, 0.15) is 11.1 Å². The van der Waals surface area contributed by atoms with Gasteiger partial charge in [-0.05, 0) is 58.7 Å². The minimum Gasteiger partial charge on any atom is -0.310 e. The van der Waals surface area contributed by atoms with Crippen LogP contribution in [0.5, 0.6) is 0 Å². The number of nitrogens with zero attached hydrogens (tertiary/aromatic N) is 2. The summed E-state index contributed by atoms with van der Waals surface area (Å²) >= 11 is 0. The molecule has 2 nitrogen and oxygen atoms in total. The van der Waals surface area contributed by atoms with Gasteiger partial charge in [-0.1, -0.05) is 101 Å². The van der Waals surface area contributed by atoms with Crippen LogP contribution in [0.15, 0.2) is 128 Å². The van der Waals surface area contributed by atoms with Crippen LogP contribution in [-0.2, 0) is 6.42 Å². The van der Waals surface area contributed by atoms with Crippen LogP contribution < -0.4 is 21.3 Å². The maximum absolute atomic E-state index is 4.70. The molecular formula is C34H23BN2. The molecule has 0 amide bonds. The van der Waals surface area contributed by atoms with Gasteiger partial charge in [-0.25, -0.2) is 0 Å². The van der Waals surface area contributed by atoms with E-state index in [1.54, 1.807) is 0 Å². The van der Waals surface area contributed by atoms with Crippen LogP contribution in [0, 0.1) is 0 Å². The van der Waals surface area contributed by atoms with E-state index < -0.39 is 0 Å². The number of benzene rings is 5. The van der Waals surface area contributed by atoms with Gasteiger partial charge in [0.15, 0.2) is 0 Å². The summed E-state index contributed by atoms with van der Waals surface area (Å²) < 4.78 is 0. The van der Waals surface area contributed by atoms with Crippen LogP contribution in [0.4, 0.5) is 17.1 Å². The maximum Gasteiger partial charge on any atom is 0.242 e. The van der Waals surface area contributed by atoms with E-state index in [0.717, 1.165) is 11.9 Å². The second-order valence-corrected chi connectivity index (χ2v) is 9.98. The first-order valence-corrected chi connectivity index (χ1v) is 12.9. The van der Waals surface area contributed by atoms with Crippen molar-refractivity contribution in [3.8, 4) is 11.1 Å². The normalized spacial score (nSPS) is 13.2. The summed E-state index contributed by atoms with van der Waals surface area (Å²) in [6, 6.07) is 44.3. The summed E-state index contributed by atoms with van der Waals surface area (Å²) in [7, 11) is 0. The highest BCUT2D eigenvalue weighted by atomic mass is 15.2. The zero-order chi connectivity index (χ0) is 24.3. The fourth-order valence-electron chi connectivity index (χ4n) is 6.41. The Bertz CT molecular complexity index is 1770. The van der Waals surface area contributed by atoms with Crippen LogP contribution in [0.2, 0.25) is 0 Å². The molecule has 0 spiro atoms. The SMILES string of the molecule is c1ccc2c(c1)Cc1ccccc1N2c1ccc(B2c3ccccc3-c3ccnc4cccc2c34)cc1. The zero-order valence-electron chi connectivity index (χ0n) is 20.3. The predicted molar refractivity (Wildman–Crippen MR) is 156 cm³/mol. The number of rotatable bonds is 2. The Morgan fingerprint density at radius 2 is 1.24 bits per heavy atom. The van der Waals surface area contributed by atoms with Gasteiger partial charge in [-0.3, -0.25) is 4.98 Å². The Morgan fingerprint density at radius 1 is 0.568 bits per heavy atom. The first kappa shape index (κ1) is 20.6. The van der Waals surface area contributed by atoms with Crippen molar-refractivity contribution in [1.82, 2.24) is 4.98 Å². The largest absolute Gasteiger partial charge is 0.310 e. The Labute approximate surface area is 216 Å². The molecule has 5 aromatic carbocycles. The van der Waals surface area contributed by atoms with Gasteiger partial charge in [0, 0.05) is 35.1 Å². The smallest absolute Gasteiger partial charge is 0.242 e. The number of aromatic nitrogens is 1. The van der Waals surface area contributed by atoms with Crippen molar-refractivity contribution in [3.63, 3.8) is 0 Å². The van der Waals surface area contributed by atoms with Crippen molar-refractivity contribution in [1.29, 1.82) is 0 Å². The molecule has 8 rings (SSSR count). The molecule has 0 fully saturated rings. The highest BCUT2D eigenvalue weighted by molar-refractivity contribution is 6.98. The third-order valence-electron chi connectivity index (χ3n) is 8.00. The monoisotopic (exact) mass is 470 g/mol. The van der Waals surface area contributed by atoms with Gasteiger partial charge >= 0.3 is 0 Å². The fourth-order valence-corrected chi connectivity index (χ4v) is 6.41. The topological polar surface area (TPSA) is 16.1 Å². The van der Waals surface area contributed by atoms with Gasteiger partial charge in [0.1, 0.15) is 0 Å². The predicted octanol–water partition coefficient (Wildman–Crippen LogP) is 6.11. The molecule has 37 heavy (non-hydrogen) atoms. The van der Waals surface area contributed by atoms with E-state index in [0.29, 0.717) is 0 Å². The number of fused-ring (bicyclic) bond motifs is 4. The van der Waals surface area contributed by atoms with E-state index in [-0.39, 0.29) is 6.71 Å². The van der Waals surface area contributed by atoms with Crippen molar-refractivity contribution in [2.24, 2.45) is 0 Å². The van der Waals surface area contributed by atoms with Gasteiger partial charge in [0.2, 0.25) is 6.71 Å². The Morgan fingerprint density at radius 3 is 2.03 bits per heavy atom. The number of hydrogen-bond donors (Lipinski definition) is 0. The Kier molecular flexibility index (Phi) is 4.41. The Hall–Kier alpha value is -4.63. The molecule has 6 aromatic rings. The lowest BCUT2D eigenvalue weighted by Gasteiger charge is -2.33. The molecule has 1 aromatic heterocycles. The third-order valence-corrected chi connectivity index (χ3v) is 8.00. The second kappa shape index (κ2) is 7.94. The molecule has 2 aliphatic heterocycles. The van der Waals surface area contributed by atoms with Gasteiger partial charge in [-0.2, -0.15) is 0 Å². The second-order valence-electron chi connectivity index (χ2n) is 9.98. The molecule has 2 aliphatic rings. The van der Waals surface area contributed by atoms with Crippen molar-refractivity contribution >= 4 is 51.1 Å². The molecule has 0 bridgehead atoms. The van der Waals surface area contributed by atoms with E-state index in [9.17, 15) is 0 Å². The van der Waals surface area contributed by atoms with E-state index in [2.05, 4.69) is 126 Å². The van der Waals surface area contributed by atoms with Crippen LogP contribution in [0.3, 0.4) is 0 Å². The van der Waals surface area contributed by atoms with E-state index in [1.807, 2.05) is 6.20 Å². The molecule has 0 aliphatic carbocycles. The van der Waals surface area contributed by atoms with E-state index in [4.69, 9.17) is 4.98 Å². The van der Waals surface area contributed by atoms with Crippen molar-refractivity contribution < 1.29 is 0 Å². The molecule has 3 heteroatoms. The first-order chi connectivity index (χ1) is 18.4. The van der Waals surface area contributed by atoms with Crippen LogP contribution in [0.25, 0.3) is 22.0 Å². The number of anilines is 3. The molecule has 0 unspecified atom stereocenters. The average Bonchev–Trinajstić information content (AvgIpc) is 2.96. The van der Waals surface area contributed by atoms with Gasteiger partial charge in [0.05, 0.1) is 5.52 Å². The summed E-state index contributed by atoms with van der Waals surface area (Å²) in [5.41, 5.74) is 14.1. The lowest BCUT2D eigenvalue weighted by Crippen LogP contribution is -2.54. The molecule has 3 heterocycles. The first-order valence-electron chi connectivity index (χ1n) is 12.9. The number of pyridine rings is 1. The average molecular weight is 470 g/mol. The zero-order valence-corrected chi connectivity index (χ0v) is 20.3. The molecule has 172 valence electrons. The van der Waals surface area contributed by atoms with Crippen LogP contribution in [-0.4, -0.2) is 11.7 Å². The highest BCUT2D eigenvalue weighted by Gasteiger charge is 2.32. The van der Waals surface area contributed by atoms with Crippen LogP contribution >= 0.6 is 0 Å². The number of para-hydroxylation sites is 2. The molecule has 0 saturated heterocycles. The van der Waals surface area contributed by atoms with Crippen molar-refractivity contribution in [2.75, 3.05) is 4.90 Å². The van der Waals surface area contributed by atoms with E-state index in [1.165, 1.54) is 61.1 Å². The molecule has 0 N–H and O–H groups in total. The molecular weight excluding hydrogens is 447 g/mol. The number of hydrogen-bond acceptors (Lipinski definition) is 2. The van der Waals surface area contributed by atoms with Gasteiger partial charge in [-0.15, -0.1) is 0 Å². The van der Waals surface area contributed by atoms with Crippen molar-refractivity contribution in [2.45, 2.75) is 6.42 Å². The molecule has 0 atom stereocenters. The minimum atomic E-state index is 0.173. The standard InChI is InChI=1S/C34H23BN2/c1-5-14-32-23(8-1)22-24-9-2-6-15-33(24)37(32)26-18-16-25(17-19-26)35-29-11-4-3-10-27(29)28-20-21-36-31-13-7-12-30(35)34(28)31/h1-21H,22H2. The summed E-state index contributed by atoms with van der Waals surface area (Å²) in [5.74, 6) is 0. The summed E-state index contributed by atoms with van der Waals surface area (Å²) in [4.78, 5) is 7.11. The third kappa shape index (κ3) is 3.04. The quantitative estimate of drug-likeness (QED) is 0.284. The lowest BCUT2D eigenvalue weighted by atomic mass is 9.34. The summed E-state index contributed by atoms with van der Waals surface area (Å²) in [5, 5.41) is 1.27. The summed E-state index contributed by atoms with van der Waals surface area (Å²) in [6.45, 7) is 0.173. The Balaban J connectivity index is 1.29. The highest BCUT2D eigenvalue weighted by Crippen LogP contribution is 2.43. The van der Waals surface area contributed by atoms with Crippen molar-refractivity contribution in [3.05, 3.63) is 139 Å². The van der Waals surface area contributed by atoms with E-state index >= 15 is 0 Å². The fraction of sp³-hybridized carbons (Fsp3) is 0.0294. The molecule has 0 saturated carbocycles. The maximum atomic E-state index is 4.70. The summed E-state index contributed by atoms with van der Waals surface area (Å²) in [6.07, 6.45) is 2.90. The van der Waals surface area contributed by atoms with Gasteiger partial charge in [0.25, 0.3) is 0 Å². The minimum absolute atomic E-state index is 0.173. The van der Waals surface area contributed by atoms with Gasteiger partial charge < -0.3 is 4.90 Å². The molecule has 0 radical (unpaired) electrons. The lowest BCUT2D eigenvalue weighted by molar-refractivity contribution is 1.09.